The van der Waals surface area contributed by atoms with Crippen molar-refractivity contribution in [2.45, 2.75) is 6.10 Å². The van der Waals surface area contributed by atoms with Gasteiger partial charge in [0.25, 0.3) is 11.7 Å². The number of carbonyl (C=O) groups is 2. The average molecular weight is 299 g/mol. The molecule has 0 saturated carbocycles. The van der Waals surface area contributed by atoms with E-state index < -0.39 is 17.8 Å². The first kappa shape index (κ1) is 12.2. The monoisotopic (exact) mass is 298 g/mol. The topological polar surface area (TPSA) is 83.6 Å². The Labute approximate surface area is 106 Å². The van der Waals surface area contributed by atoms with E-state index in [1.807, 2.05) is 0 Å². The number of hydrogen-bond acceptors (Lipinski definition) is 4. The summed E-state index contributed by atoms with van der Waals surface area (Å²) in [6, 6.07) is 4.97. The van der Waals surface area contributed by atoms with Crippen LogP contribution in [0, 0.1) is 0 Å². The number of fused-ring (bicyclic) bond motifs is 1. The first-order valence-electron chi connectivity index (χ1n) is 5.08. The van der Waals surface area contributed by atoms with Crippen LogP contribution in [0.3, 0.4) is 0 Å². The smallest absolute Gasteiger partial charge is 0.299 e. The lowest BCUT2D eigenvalue weighted by Gasteiger charge is -2.19. The largest absolute Gasteiger partial charge is 0.390 e. The third kappa shape index (κ3) is 2.11. The number of rotatable bonds is 3. The number of amides is 1. The molecular weight excluding hydrogens is 288 g/mol. The summed E-state index contributed by atoms with van der Waals surface area (Å²) in [7, 11) is 0. The zero-order chi connectivity index (χ0) is 12.6. The molecule has 1 heterocycles. The summed E-state index contributed by atoms with van der Waals surface area (Å²) in [5, 5.41) is 9.48. The van der Waals surface area contributed by atoms with E-state index in [1.165, 1.54) is 4.90 Å². The van der Waals surface area contributed by atoms with Crippen molar-refractivity contribution >= 4 is 33.3 Å². The summed E-state index contributed by atoms with van der Waals surface area (Å²) in [5.74, 6) is -1.16. The van der Waals surface area contributed by atoms with E-state index in [1.54, 1.807) is 18.2 Å². The molecule has 1 aliphatic heterocycles. The van der Waals surface area contributed by atoms with Gasteiger partial charge in [0.05, 0.1) is 23.9 Å². The van der Waals surface area contributed by atoms with E-state index in [0.717, 1.165) is 4.47 Å². The first-order valence-corrected chi connectivity index (χ1v) is 5.87. The molecule has 6 heteroatoms. The van der Waals surface area contributed by atoms with Gasteiger partial charge in [0, 0.05) is 11.0 Å². The number of anilines is 1. The zero-order valence-electron chi connectivity index (χ0n) is 8.89. The van der Waals surface area contributed by atoms with Gasteiger partial charge in [0.15, 0.2) is 0 Å². The number of Topliss-reactive ketones (excluding diaryl/α,β-unsaturated/α-hetero) is 1. The second kappa shape index (κ2) is 4.56. The Bertz CT molecular complexity index is 490. The quantitative estimate of drug-likeness (QED) is 0.786. The molecule has 0 bridgehead atoms. The molecule has 90 valence electrons. The zero-order valence-corrected chi connectivity index (χ0v) is 10.5. The van der Waals surface area contributed by atoms with Gasteiger partial charge in [0.1, 0.15) is 0 Å². The highest BCUT2D eigenvalue weighted by Crippen LogP contribution is 2.31. The highest BCUT2D eigenvalue weighted by molar-refractivity contribution is 9.10. The van der Waals surface area contributed by atoms with E-state index in [9.17, 15) is 14.7 Å². The Kier molecular flexibility index (Phi) is 3.28. The molecule has 1 aromatic carbocycles. The summed E-state index contributed by atoms with van der Waals surface area (Å²) < 4.78 is 0.769. The summed E-state index contributed by atoms with van der Waals surface area (Å²) in [6.07, 6.45) is -0.836. The van der Waals surface area contributed by atoms with Crippen molar-refractivity contribution in [1.29, 1.82) is 0 Å². The minimum atomic E-state index is -0.836. The Hall–Kier alpha value is -1.24. The molecule has 17 heavy (non-hydrogen) atoms. The molecule has 0 fully saturated rings. The normalized spacial score (nSPS) is 16.3. The minimum absolute atomic E-state index is 0.0323. The minimum Gasteiger partial charge on any atom is -0.390 e. The molecule has 1 atom stereocenters. The van der Waals surface area contributed by atoms with Crippen molar-refractivity contribution in [2.75, 3.05) is 18.0 Å². The SMILES string of the molecule is NCC(O)CN1C(=O)C(=O)c2ccc(Br)cc21. The predicted molar refractivity (Wildman–Crippen MR) is 65.9 cm³/mol. The standard InChI is InChI=1S/C11H11BrN2O3/c12-6-1-2-8-9(3-6)14(5-7(15)4-13)11(17)10(8)16/h1-3,7,15H,4-5,13H2. The number of hydrogen-bond donors (Lipinski definition) is 2. The maximum absolute atomic E-state index is 11.7. The van der Waals surface area contributed by atoms with Crippen molar-refractivity contribution in [3.63, 3.8) is 0 Å². The van der Waals surface area contributed by atoms with Gasteiger partial charge in [-0.15, -0.1) is 0 Å². The van der Waals surface area contributed by atoms with Gasteiger partial charge in [-0.1, -0.05) is 15.9 Å². The van der Waals surface area contributed by atoms with Crippen LogP contribution in [-0.4, -0.2) is 36.0 Å². The van der Waals surface area contributed by atoms with Gasteiger partial charge >= 0.3 is 0 Å². The van der Waals surface area contributed by atoms with Crippen molar-refractivity contribution < 1.29 is 14.7 Å². The van der Waals surface area contributed by atoms with Crippen molar-refractivity contribution in [3.05, 3.63) is 28.2 Å². The van der Waals surface area contributed by atoms with Crippen LogP contribution in [0.1, 0.15) is 10.4 Å². The van der Waals surface area contributed by atoms with E-state index in [2.05, 4.69) is 15.9 Å². The van der Waals surface area contributed by atoms with Crippen LogP contribution < -0.4 is 10.6 Å². The lowest BCUT2D eigenvalue weighted by atomic mass is 10.1. The van der Waals surface area contributed by atoms with Gasteiger partial charge in [-0.2, -0.15) is 0 Å². The molecule has 0 aromatic heterocycles. The molecule has 5 nitrogen and oxygen atoms in total. The molecule has 0 aliphatic carbocycles. The van der Waals surface area contributed by atoms with Crippen LogP contribution in [0.2, 0.25) is 0 Å². The maximum Gasteiger partial charge on any atom is 0.299 e. The van der Waals surface area contributed by atoms with Crippen molar-refractivity contribution in [2.24, 2.45) is 5.73 Å². The number of carbonyl (C=O) groups excluding carboxylic acids is 2. The Balaban J connectivity index is 2.39. The lowest BCUT2D eigenvalue weighted by molar-refractivity contribution is -0.114. The predicted octanol–water partition coefficient (Wildman–Crippen LogP) is 0.298. The van der Waals surface area contributed by atoms with Crippen LogP contribution >= 0.6 is 15.9 Å². The first-order chi connectivity index (χ1) is 8.04. The third-order valence-electron chi connectivity index (χ3n) is 2.60. The Morgan fingerprint density at radius 1 is 1.41 bits per heavy atom. The second-order valence-corrected chi connectivity index (χ2v) is 4.71. The number of aliphatic hydroxyl groups excluding tert-OH is 1. The molecule has 0 saturated heterocycles. The van der Waals surface area contributed by atoms with E-state index in [4.69, 9.17) is 5.73 Å². The number of benzene rings is 1. The van der Waals surface area contributed by atoms with Crippen molar-refractivity contribution in [3.8, 4) is 0 Å². The number of nitrogens with two attached hydrogens (primary N) is 1. The summed E-state index contributed by atoms with van der Waals surface area (Å²) in [5.41, 5.74) is 6.18. The van der Waals surface area contributed by atoms with Crippen molar-refractivity contribution in [1.82, 2.24) is 0 Å². The second-order valence-electron chi connectivity index (χ2n) is 3.80. The molecule has 0 spiro atoms. The van der Waals surface area contributed by atoms with Crippen LogP contribution in [0.25, 0.3) is 0 Å². The van der Waals surface area contributed by atoms with Crippen LogP contribution in [0.4, 0.5) is 5.69 Å². The summed E-state index contributed by atoms with van der Waals surface area (Å²) in [4.78, 5) is 24.7. The molecule has 1 aromatic rings. The lowest BCUT2D eigenvalue weighted by Crippen LogP contribution is -2.39. The summed E-state index contributed by atoms with van der Waals surface area (Å²) >= 11 is 3.28. The molecule has 1 aliphatic rings. The molecule has 1 amide bonds. The average Bonchev–Trinajstić information content (AvgIpc) is 2.54. The molecule has 3 N–H and O–H groups in total. The summed E-state index contributed by atoms with van der Waals surface area (Å²) in [6.45, 7) is 0.0752. The van der Waals surface area contributed by atoms with E-state index in [-0.39, 0.29) is 13.1 Å². The number of halogens is 1. The molecular formula is C11H11BrN2O3. The van der Waals surface area contributed by atoms with Gasteiger partial charge in [0.2, 0.25) is 0 Å². The Morgan fingerprint density at radius 2 is 2.12 bits per heavy atom. The van der Waals surface area contributed by atoms with E-state index in [0.29, 0.717) is 11.3 Å². The maximum atomic E-state index is 11.7. The fourth-order valence-corrected chi connectivity index (χ4v) is 2.08. The third-order valence-corrected chi connectivity index (χ3v) is 3.09. The van der Waals surface area contributed by atoms with E-state index >= 15 is 0 Å². The molecule has 2 rings (SSSR count). The highest BCUT2D eigenvalue weighted by atomic mass is 79.9. The number of nitrogens with zero attached hydrogens (tertiary/aromatic N) is 1. The number of aliphatic hydroxyl groups is 1. The van der Waals surface area contributed by atoms with Crippen LogP contribution in [0.15, 0.2) is 22.7 Å². The molecule has 0 radical (unpaired) electrons. The van der Waals surface area contributed by atoms with Gasteiger partial charge in [-0.25, -0.2) is 0 Å². The number of ketones is 1. The van der Waals surface area contributed by atoms with Gasteiger partial charge in [-0.05, 0) is 18.2 Å². The fourth-order valence-electron chi connectivity index (χ4n) is 1.73. The Morgan fingerprint density at radius 3 is 2.76 bits per heavy atom. The van der Waals surface area contributed by atoms with Crippen LogP contribution in [-0.2, 0) is 4.79 Å². The highest BCUT2D eigenvalue weighted by Gasteiger charge is 2.36. The van der Waals surface area contributed by atoms with Gasteiger partial charge in [-0.3, -0.25) is 9.59 Å². The van der Waals surface area contributed by atoms with Gasteiger partial charge < -0.3 is 15.7 Å². The fraction of sp³-hybridized carbons (Fsp3) is 0.273. The molecule has 1 unspecified atom stereocenters. The van der Waals surface area contributed by atoms with Crippen LogP contribution in [0.5, 0.6) is 0 Å². The number of β-amino-alcohol motifs (C(OH)–C–C–N with tert-alkyl or cyclic N) is 1.